The minimum absolute atomic E-state index is 0.0322. The number of hydrogen-bond donors (Lipinski definition) is 2. The number of aliphatic carboxylic acids is 1. The smallest absolute Gasteiger partial charge is 0.416 e. The van der Waals surface area contributed by atoms with Gasteiger partial charge in [0.15, 0.2) is 0 Å². The molecule has 1 heterocycles. The van der Waals surface area contributed by atoms with Crippen LogP contribution in [0.5, 0.6) is 0 Å². The van der Waals surface area contributed by atoms with Gasteiger partial charge in [0.1, 0.15) is 5.82 Å². The van der Waals surface area contributed by atoms with Gasteiger partial charge in [0.2, 0.25) is 0 Å². The zero-order valence-electron chi connectivity index (χ0n) is 19.1. The summed E-state index contributed by atoms with van der Waals surface area (Å²) in [5.41, 5.74) is 5.54. The minimum Gasteiger partial charge on any atom is -0.478 e. The molecule has 1 atom stereocenters. The van der Waals surface area contributed by atoms with Crippen molar-refractivity contribution < 1.29 is 32.6 Å². The second-order valence-electron chi connectivity index (χ2n) is 8.11. The lowest BCUT2D eigenvalue weighted by atomic mass is 9.80. The molecule has 0 fully saturated rings. The number of carbonyl (C=O) groups excluding carboxylic acids is 1. The van der Waals surface area contributed by atoms with Crippen LogP contribution in [0.25, 0.3) is 0 Å². The van der Waals surface area contributed by atoms with Crippen molar-refractivity contribution in [2.45, 2.75) is 39.0 Å². The Bertz CT molecular complexity index is 1270. The van der Waals surface area contributed by atoms with E-state index < -0.39 is 35.7 Å². The van der Waals surface area contributed by atoms with E-state index in [0.717, 1.165) is 23.1 Å². The van der Waals surface area contributed by atoms with Crippen LogP contribution in [0.3, 0.4) is 0 Å². The van der Waals surface area contributed by atoms with Gasteiger partial charge >= 0.3 is 18.1 Å². The molecule has 3 rings (SSSR count). The maximum atomic E-state index is 13.4. The number of anilines is 1. The molecule has 182 valence electrons. The van der Waals surface area contributed by atoms with Crippen LogP contribution in [-0.4, -0.2) is 23.1 Å². The van der Waals surface area contributed by atoms with Gasteiger partial charge in [0.25, 0.3) is 0 Å². The van der Waals surface area contributed by atoms with Gasteiger partial charge in [-0.05, 0) is 56.7 Å². The van der Waals surface area contributed by atoms with E-state index in [1.54, 1.807) is 13.8 Å². The lowest BCUT2D eigenvalue weighted by molar-refractivity contribution is -0.143. The van der Waals surface area contributed by atoms with E-state index >= 15 is 0 Å². The maximum Gasteiger partial charge on any atom is 0.416 e. The number of alkyl halides is 3. The number of esters is 1. The Balaban J connectivity index is 2.32. The molecule has 0 saturated carbocycles. The van der Waals surface area contributed by atoms with Crippen molar-refractivity contribution in [3.63, 3.8) is 0 Å². The summed E-state index contributed by atoms with van der Waals surface area (Å²) < 4.78 is 45.4. The molecule has 1 unspecified atom stereocenters. The lowest BCUT2D eigenvalue weighted by Gasteiger charge is -2.37. The molecule has 0 bridgehead atoms. The first-order chi connectivity index (χ1) is 16.4. The van der Waals surface area contributed by atoms with Gasteiger partial charge in [-0.3, -0.25) is 0 Å². The third-order valence-electron chi connectivity index (χ3n) is 5.42. The standard InChI is InChI=1S/C25H22F3N3O4/c1-13(2)35-24(34)21-20(16-9-7-15(12-29)8-10-16)19(23(32)33)14(3)31(22(21)30)18-6-4-5-17(11-18)25(26,27)28/h4-11,13,20H,30H2,1-3H3,(H,32,33). The number of carboxylic acids is 1. The van der Waals surface area contributed by atoms with Gasteiger partial charge in [-0.2, -0.15) is 18.4 Å². The summed E-state index contributed by atoms with van der Waals surface area (Å²) in [6.07, 6.45) is -5.23. The fourth-order valence-corrected chi connectivity index (χ4v) is 3.94. The third kappa shape index (κ3) is 4.99. The first kappa shape index (κ1) is 25.4. The lowest BCUT2D eigenvalue weighted by Crippen LogP contribution is -2.39. The molecule has 7 nitrogen and oxygen atoms in total. The second kappa shape index (κ2) is 9.54. The van der Waals surface area contributed by atoms with Gasteiger partial charge in [-0.15, -0.1) is 0 Å². The van der Waals surface area contributed by atoms with E-state index in [2.05, 4.69) is 0 Å². The fourth-order valence-electron chi connectivity index (χ4n) is 3.94. The predicted molar refractivity (Wildman–Crippen MR) is 121 cm³/mol. The predicted octanol–water partition coefficient (Wildman–Crippen LogP) is 4.66. The minimum atomic E-state index is -4.65. The molecule has 0 radical (unpaired) electrons. The van der Waals surface area contributed by atoms with Crippen LogP contribution >= 0.6 is 0 Å². The van der Waals surface area contributed by atoms with Gasteiger partial charge < -0.3 is 20.5 Å². The summed E-state index contributed by atoms with van der Waals surface area (Å²) in [7, 11) is 0. The Labute approximate surface area is 199 Å². The number of benzene rings is 2. The first-order valence-corrected chi connectivity index (χ1v) is 10.5. The van der Waals surface area contributed by atoms with Crippen molar-refractivity contribution >= 4 is 17.6 Å². The number of ether oxygens (including phenoxy) is 1. The zero-order valence-corrected chi connectivity index (χ0v) is 19.1. The van der Waals surface area contributed by atoms with E-state index in [1.807, 2.05) is 6.07 Å². The number of nitriles is 1. The molecular formula is C25H22F3N3O4. The highest BCUT2D eigenvalue weighted by Gasteiger charge is 2.42. The highest BCUT2D eigenvalue weighted by Crippen LogP contribution is 2.44. The molecule has 1 aliphatic rings. The number of hydrogen-bond acceptors (Lipinski definition) is 6. The van der Waals surface area contributed by atoms with Crippen LogP contribution in [0, 0.1) is 11.3 Å². The highest BCUT2D eigenvalue weighted by atomic mass is 19.4. The normalized spacial score (nSPS) is 16.4. The number of rotatable bonds is 5. The van der Waals surface area contributed by atoms with Gasteiger partial charge in [-0.1, -0.05) is 18.2 Å². The summed E-state index contributed by atoms with van der Waals surface area (Å²) in [5.74, 6) is -3.74. The van der Waals surface area contributed by atoms with E-state index in [9.17, 15) is 27.9 Å². The number of carbonyl (C=O) groups is 2. The van der Waals surface area contributed by atoms with E-state index in [4.69, 9.17) is 15.7 Å². The molecule has 0 spiro atoms. The van der Waals surface area contributed by atoms with Gasteiger partial charge in [0, 0.05) is 11.4 Å². The maximum absolute atomic E-state index is 13.4. The number of carboxylic acid groups (broad SMARTS) is 1. The third-order valence-corrected chi connectivity index (χ3v) is 5.42. The Hall–Kier alpha value is -4.26. The molecule has 2 aromatic carbocycles. The van der Waals surface area contributed by atoms with Crippen molar-refractivity contribution in [2.24, 2.45) is 5.73 Å². The number of halogens is 3. The number of nitrogens with zero attached hydrogens (tertiary/aromatic N) is 2. The monoisotopic (exact) mass is 485 g/mol. The van der Waals surface area contributed by atoms with Crippen LogP contribution in [0.15, 0.2) is 71.2 Å². The van der Waals surface area contributed by atoms with Crippen LogP contribution in [0.4, 0.5) is 18.9 Å². The Morgan fingerprint density at radius 1 is 1.14 bits per heavy atom. The summed E-state index contributed by atoms with van der Waals surface area (Å²) in [6, 6.07) is 12.1. The molecule has 35 heavy (non-hydrogen) atoms. The van der Waals surface area contributed by atoms with Gasteiger partial charge in [0.05, 0.1) is 40.4 Å². The largest absolute Gasteiger partial charge is 0.478 e. The molecule has 2 aromatic rings. The van der Waals surface area contributed by atoms with Crippen molar-refractivity contribution in [1.82, 2.24) is 0 Å². The van der Waals surface area contributed by atoms with Crippen molar-refractivity contribution in [3.05, 3.63) is 87.9 Å². The summed E-state index contributed by atoms with van der Waals surface area (Å²) >= 11 is 0. The Morgan fingerprint density at radius 2 is 1.77 bits per heavy atom. The van der Waals surface area contributed by atoms with Gasteiger partial charge in [-0.25, -0.2) is 9.59 Å². The Kier molecular flexibility index (Phi) is 6.91. The molecule has 10 heteroatoms. The summed E-state index contributed by atoms with van der Waals surface area (Å²) in [4.78, 5) is 26.7. The fraction of sp³-hybridized carbons (Fsp3) is 0.240. The average molecular weight is 485 g/mol. The van der Waals surface area contributed by atoms with Crippen LogP contribution in [0.1, 0.15) is 43.4 Å². The zero-order chi connectivity index (χ0) is 26.1. The second-order valence-corrected chi connectivity index (χ2v) is 8.11. The van der Waals surface area contributed by atoms with Crippen molar-refractivity contribution in [3.8, 4) is 6.07 Å². The first-order valence-electron chi connectivity index (χ1n) is 10.5. The van der Waals surface area contributed by atoms with Crippen LogP contribution in [-0.2, 0) is 20.5 Å². The molecule has 1 aliphatic heterocycles. The van der Waals surface area contributed by atoms with Crippen LogP contribution < -0.4 is 10.6 Å². The Morgan fingerprint density at radius 3 is 2.29 bits per heavy atom. The highest BCUT2D eigenvalue weighted by molar-refractivity contribution is 6.01. The topological polar surface area (TPSA) is 117 Å². The number of nitrogens with two attached hydrogens (primary N) is 1. The summed E-state index contributed by atoms with van der Waals surface area (Å²) in [5, 5.41) is 19.2. The quantitative estimate of drug-likeness (QED) is 0.592. The molecule has 3 N–H and O–H groups in total. The SMILES string of the molecule is CC1=C(C(=O)O)C(c2ccc(C#N)cc2)C(C(=O)OC(C)C)=C(N)N1c1cccc(C(F)(F)F)c1. The molecule has 0 saturated heterocycles. The van der Waals surface area contributed by atoms with E-state index in [-0.39, 0.29) is 28.4 Å². The van der Waals surface area contributed by atoms with Crippen molar-refractivity contribution in [2.75, 3.05) is 4.90 Å². The van der Waals surface area contributed by atoms with Crippen molar-refractivity contribution in [1.29, 1.82) is 5.26 Å². The number of allylic oxidation sites excluding steroid dienone is 1. The molecule has 0 aliphatic carbocycles. The van der Waals surface area contributed by atoms with Crippen LogP contribution in [0.2, 0.25) is 0 Å². The molecule has 0 amide bonds. The van der Waals surface area contributed by atoms with E-state index in [1.165, 1.54) is 37.3 Å². The average Bonchev–Trinajstić information content (AvgIpc) is 2.77. The molecular weight excluding hydrogens is 463 g/mol. The molecule has 0 aromatic heterocycles. The van der Waals surface area contributed by atoms with E-state index in [0.29, 0.717) is 11.1 Å². The summed E-state index contributed by atoms with van der Waals surface area (Å²) in [6.45, 7) is 4.59.